The first-order chi connectivity index (χ1) is 11.6. The number of aliphatic carboxylic acids is 1. The van der Waals surface area contributed by atoms with Gasteiger partial charge in [-0.2, -0.15) is 0 Å². The van der Waals surface area contributed by atoms with Crippen molar-refractivity contribution < 1.29 is 19.8 Å². The Kier molecular flexibility index (Phi) is 5.46. The van der Waals surface area contributed by atoms with E-state index in [1.807, 2.05) is 0 Å². The van der Waals surface area contributed by atoms with Crippen LogP contribution >= 0.6 is 0 Å². The third kappa shape index (κ3) is 4.36. The van der Waals surface area contributed by atoms with Crippen molar-refractivity contribution in [1.82, 2.24) is 14.5 Å². The molecule has 2 heterocycles. The van der Waals surface area contributed by atoms with E-state index in [9.17, 15) is 24.3 Å². The Labute approximate surface area is 143 Å². The van der Waals surface area contributed by atoms with Crippen molar-refractivity contribution in [3.8, 4) is 0 Å². The second-order valence-electron chi connectivity index (χ2n) is 6.69. The number of nitrogens with zero attached hydrogens (tertiary/aromatic N) is 2. The number of hydrogen-bond donors (Lipinski definition) is 3. The standard InChI is InChI=1S/C16H23N3O6/c1-10-8-19(15(24)17-14(10)23)11-9-18(7-6-16(11,2)25)12(20)4-3-5-13(21)22/h8,11,25H,3-7,9H2,1-2H3,(H,21,22)(H,17,23,24)/t11-,16-/m1/s1. The number of carboxylic acid groups (broad SMARTS) is 1. The van der Waals surface area contributed by atoms with E-state index < -0.39 is 28.9 Å². The number of carboxylic acids is 1. The lowest BCUT2D eigenvalue weighted by molar-refractivity contribution is -0.139. The number of nitrogens with one attached hydrogen (secondary N) is 1. The van der Waals surface area contributed by atoms with Crippen molar-refractivity contribution in [2.24, 2.45) is 0 Å². The zero-order valence-electron chi connectivity index (χ0n) is 14.3. The molecule has 0 saturated carbocycles. The molecule has 1 aromatic rings. The molecule has 138 valence electrons. The number of hydrogen-bond acceptors (Lipinski definition) is 5. The molecule has 0 spiro atoms. The Balaban J connectivity index is 2.20. The molecular weight excluding hydrogens is 330 g/mol. The molecule has 3 N–H and O–H groups in total. The summed E-state index contributed by atoms with van der Waals surface area (Å²) in [5.74, 6) is -1.17. The van der Waals surface area contributed by atoms with Crippen LogP contribution in [0.2, 0.25) is 0 Å². The minimum Gasteiger partial charge on any atom is -0.481 e. The number of aliphatic hydroxyl groups is 1. The highest BCUT2D eigenvalue weighted by atomic mass is 16.4. The summed E-state index contributed by atoms with van der Waals surface area (Å²) in [6.45, 7) is 3.59. The number of aryl methyl sites for hydroxylation is 1. The van der Waals surface area contributed by atoms with Crippen LogP contribution in [0.1, 0.15) is 44.2 Å². The van der Waals surface area contributed by atoms with Gasteiger partial charge in [-0.1, -0.05) is 0 Å². The van der Waals surface area contributed by atoms with Crippen LogP contribution in [-0.4, -0.2) is 55.2 Å². The number of aromatic amines is 1. The maximum absolute atomic E-state index is 12.3. The summed E-state index contributed by atoms with van der Waals surface area (Å²) in [7, 11) is 0. The lowest BCUT2D eigenvalue weighted by Gasteiger charge is -2.43. The Morgan fingerprint density at radius 2 is 2.04 bits per heavy atom. The summed E-state index contributed by atoms with van der Waals surface area (Å²) in [6.07, 6.45) is 1.91. The SMILES string of the molecule is Cc1cn([C@@H]2CN(C(=O)CCCC(=O)O)CC[C@@]2(C)O)c(=O)[nH]c1=O. The minimum atomic E-state index is -1.22. The normalized spacial score (nSPS) is 23.5. The van der Waals surface area contributed by atoms with Gasteiger partial charge in [-0.15, -0.1) is 0 Å². The monoisotopic (exact) mass is 353 g/mol. The van der Waals surface area contributed by atoms with Crippen LogP contribution in [0.5, 0.6) is 0 Å². The molecule has 0 aromatic carbocycles. The number of likely N-dealkylation sites (tertiary alicyclic amines) is 1. The molecular formula is C16H23N3O6. The summed E-state index contributed by atoms with van der Waals surface area (Å²) >= 11 is 0. The fraction of sp³-hybridized carbons (Fsp3) is 0.625. The van der Waals surface area contributed by atoms with Crippen molar-refractivity contribution in [3.63, 3.8) is 0 Å². The molecule has 9 heteroatoms. The van der Waals surface area contributed by atoms with E-state index in [1.165, 1.54) is 15.7 Å². The molecule has 1 aliphatic rings. The molecule has 1 amide bonds. The highest BCUT2D eigenvalue weighted by Crippen LogP contribution is 2.31. The van der Waals surface area contributed by atoms with E-state index in [-0.39, 0.29) is 38.1 Å². The first-order valence-corrected chi connectivity index (χ1v) is 8.16. The zero-order valence-corrected chi connectivity index (χ0v) is 14.3. The van der Waals surface area contributed by atoms with E-state index >= 15 is 0 Å². The van der Waals surface area contributed by atoms with E-state index in [0.29, 0.717) is 12.1 Å². The number of H-pyrrole nitrogens is 1. The van der Waals surface area contributed by atoms with Gasteiger partial charge < -0.3 is 15.1 Å². The second kappa shape index (κ2) is 7.22. The van der Waals surface area contributed by atoms with Gasteiger partial charge >= 0.3 is 11.7 Å². The molecule has 0 unspecified atom stereocenters. The first-order valence-electron chi connectivity index (χ1n) is 8.16. The number of aromatic nitrogens is 2. The number of amides is 1. The van der Waals surface area contributed by atoms with Crippen molar-refractivity contribution >= 4 is 11.9 Å². The summed E-state index contributed by atoms with van der Waals surface area (Å²) < 4.78 is 1.26. The van der Waals surface area contributed by atoms with Crippen LogP contribution in [0.25, 0.3) is 0 Å². The van der Waals surface area contributed by atoms with Crippen LogP contribution in [0.3, 0.4) is 0 Å². The molecule has 1 aromatic heterocycles. The molecule has 25 heavy (non-hydrogen) atoms. The molecule has 0 bridgehead atoms. The first kappa shape index (κ1) is 18.9. The van der Waals surface area contributed by atoms with Crippen molar-refractivity contribution in [1.29, 1.82) is 0 Å². The fourth-order valence-corrected chi connectivity index (χ4v) is 3.01. The lowest BCUT2D eigenvalue weighted by Crippen LogP contribution is -2.55. The van der Waals surface area contributed by atoms with E-state index in [2.05, 4.69) is 4.98 Å². The summed E-state index contributed by atoms with van der Waals surface area (Å²) in [6, 6.07) is -0.701. The van der Waals surface area contributed by atoms with Gasteiger partial charge in [0.2, 0.25) is 5.91 Å². The van der Waals surface area contributed by atoms with Crippen molar-refractivity contribution in [2.45, 2.75) is 51.2 Å². The molecule has 0 aliphatic carbocycles. The van der Waals surface area contributed by atoms with Crippen LogP contribution in [0.4, 0.5) is 0 Å². The largest absolute Gasteiger partial charge is 0.481 e. The maximum atomic E-state index is 12.3. The number of rotatable bonds is 5. The van der Waals surface area contributed by atoms with Crippen molar-refractivity contribution in [3.05, 3.63) is 32.6 Å². The predicted molar refractivity (Wildman–Crippen MR) is 88.4 cm³/mol. The third-order valence-corrected chi connectivity index (χ3v) is 4.61. The maximum Gasteiger partial charge on any atom is 0.328 e. The van der Waals surface area contributed by atoms with Crippen LogP contribution in [-0.2, 0) is 9.59 Å². The van der Waals surface area contributed by atoms with Gasteiger partial charge in [0.05, 0.1) is 11.6 Å². The van der Waals surface area contributed by atoms with E-state index in [4.69, 9.17) is 5.11 Å². The summed E-state index contributed by atoms with van der Waals surface area (Å²) in [5, 5.41) is 19.3. The van der Waals surface area contributed by atoms with E-state index in [0.717, 1.165) is 0 Å². The average molecular weight is 353 g/mol. The molecule has 9 nitrogen and oxygen atoms in total. The van der Waals surface area contributed by atoms with Gasteiger partial charge in [0.15, 0.2) is 0 Å². The molecule has 1 fully saturated rings. The smallest absolute Gasteiger partial charge is 0.328 e. The lowest BCUT2D eigenvalue weighted by atomic mass is 9.88. The van der Waals surface area contributed by atoms with Crippen molar-refractivity contribution in [2.75, 3.05) is 13.1 Å². The highest BCUT2D eigenvalue weighted by molar-refractivity contribution is 5.77. The summed E-state index contributed by atoms with van der Waals surface area (Å²) in [4.78, 5) is 50.2. The zero-order chi connectivity index (χ0) is 18.8. The van der Waals surface area contributed by atoms with Gasteiger partial charge in [0.25, 0.3) is 5.56 Å². The molecule has 0 radical (unpaired) electrons. The van der Waals surface area contributed by atoms with Gasteiger partial charge in [0, 0.05) is 37.7 Å². The Bertz CT molecular complexity index is 779. The fourth-order valence-electron chi connectivity index (χ4n) is 3.01. The Morgan fingerprint density at radius 1 is 1.36 bits per heavy atom. The second-order valence-corrected chi connectivity index (χ2v) is 6.69. The van der Waals surface area contributed by atoms with Gasteiger partial charge in [-0.05, 0) is 26.7 Å². The Morgan fingerprint density at radius 3 is 2.68 bits per heavy atom. The molecule has 2 rings (SSSR count). The van der Waals surface area contributed by atoms with E-state index in [1.54, 1.807) is 13.8 Å². The minimum absolute atomic E-state index is 0.0840. The van der Waals surface area contributed by atoms with Crippen LogP contribution in [0, 0.1) is 6.92 Å². The quantitative estimate of drug-likeness (QED) is 0.661. The highest BCUT2D eigenvalue weighted by Gasteiger charge is 2.40. The molecule has 1 aliphatic heterocycles. The van der Waals surface area contributed by atoms with Crippen LogP contribution in [0.15, 0.2) is 15.8 Å². The predicted octanol–water partition coefficient (Wildman–Crippen LogP) is -0.376. The molecule has 1 saturated heterocycles. The topological polar surface area (TPSA) is 133 Å². The Hall–Kier alpha value is -2.42. The molecule has 2 atom stereocenters. The third-order valence-electron chi connectivity index (χ3n) is 4.61. The van der Waals surface area contributed by atoms with Gasteiger partial charge in [-0.3, -0.25) is 23.9 Å². The number of carbonyl (C=O) groups is 2. The number of carbonyl (C=O) groups excluding carboxylic acids is 1. The summed E-state index contributed by atoms with van der Waals surface area (Å²) in [5.41, 5.74) is -2.01. The average Bonchev–Trinajstić information content (AvgIpc) is 2.50. The van der Waals surface area contributed by atoms with Gasteiger partial charge in [0.1, 0.15) is 0 Å². The van der Waals surface area contributed by atoms with Crippen LogP contribution < -0.4 is 11.2 Å². The number of piperidine rings is 1. The van der Waals surface area contributed by atoms with Gasteiger partial charge in [-0.25, -0.2) is 4.79 Å².